The number of unbranched alkanes of at least 4 members (excludes halogenated alkanes) is 27. The Kier molecular flexibility index (Phi) is 33.3. The molecule has 0 aromatic rings. The third-order valence-corrected chi connectivity index (χ3v) is 11.7. The van der Waals surface area contributed by atoms with E-state index >= 15 is 0 Å². The normalized spacial score (nSPS) is 20.4. The Morgan fingerprint density at radius 2 is 0.895 bits per heavy atom. The number of hydrogen-bond donors (Lipinski definition) is 4. The van der Waals surface area contributed by atoms with Crippen molar-refractivity contribution in [2.24, 2.45) is 0 Å². The van der Waals surface area contributed by atoms with Gasteiger partial charge in [0.05, 0.1) is 6.61 Å². The molecule has 338 valence electrons. The summed E-state index contributed by atoms with van der Waals surface area (Å²) in [7, 11) is -4.59. The maximum atomic E-state index is 12.7. The van der Waals surface area contributed by atoms with Gasteiger partial charge in [0.25, 0.3) is 10.1 Å². The first-order valence-electron chi connectivity index (χ1n) is 23.1. The Bertz CT molecular complexity index is 1070. The maximum absolute atomic E-state index is 12.7. The van der Waals surface area contributed by atoms with Gasteiger partial charge in [0.2, 0.25) is 0 Å². The van der Waals surface area contributed by atoms with Crippen LogP contribution in [0.25, 0.3) is 0 Å². The van der Waals surface area contributed by atoms with Crippen LogP contribution in [-0.4, -0.2) is 96.0 Å². The minimum absolute atomic E-state index is 0.170. The fraction of sp³-hybridized carbons (Fsp3) is 0.955. The number of carbonyl (C=O) groups excluding carboxylic acids is 2. The molecular weight excluding hydrogens is 753 g/mol. The SMILES string of the molecule is CCCCCCCCCCCCCCCCCCCCCCC(=O)OC[C@H](CO[C@H]1O[C@H](CS(=O)(=O)O)[C@@H](O)C(O)C1O)OC(=O)CCCCCCCCCCC. The summed E-state index contributed by atoms with van der Waals surface area (Å²) in [4.78, 5) is 25.3. The van der Waals surface area contributed by atoms with Gasteiger partial charge in [-0.25, -0.2) is 0 Å². The molecule has 0 aliphatic carbocycles. The minimum atomic E-state index is -4.59. The zero-order chi connectivity index (χ0) is 42.0. The molecule has 0 spiro atoms. The molecule has 0 aromatic heterocycles. The van der Waals surface area contributed by atoms with E-state index in [1.54, 1.807) is 0 Å². The molecule has 57 heavy (non-hydrogen) atoms. The van der Waals surface area contributed by atoms with E-state index in [9.17, 15) is 37.9 Å². The van der Waals surface area contributed by atoms with Gasteiger partial charge in [0.15, 0.2) is 12.4 Å². The number of rotatable bonds is 39. The highest BCUT2D eigenvalue weighted by Gasteiger charge is 2.46. The van der Waals surface area contributed by atoms with Crippen molar-refractivity contribution in [2.45, 2.75) is 250 Å². The van der Waals surface area contributed by atoms with E-state index in [1.165, 1.54) is 135 Å². The van der Waals surface area contributed by atoms with Gasteiger partial charge in [0, 0.05) is 12.8 Å². The molecule has 1 heterocycles. The van der Waals surface area contributed by atoms with Crippen LogP contribution < -0.4 is 0 Å². The summed E-state index contributed by atoms with van der Waals surface area (Å²) < 4.78 is 54.0. The van der Waals surface area contributed by atoms with Crippen LogP contribution in [0.4, 0.5) is 0 Å². The summed E-state index contributed by atoms with van der Waals surface area (Å²) in [5.74, 6) is -1.97. The fourth-order valence-electron chi connectivity index (χ4n) is 7.33. The van der Waals surface area contributed by atoms with Gasteiger partial charge in [-0.15, -0.1) is 0 Å². The molecule has 1 aliphatic heterocycles. The lowest BCUT2D eigenvalue weighted by molar-refractivity contribution is -0.297. The minimum Gasteiger partial charge on any atom is -0.462 e. The van der Waals surface area contributed by atoms with Crippen LogP contribution in [0.3, 0.4) is 0 Å². The van der Waals surface area contributed by atoms with Gasteiger partial charge in [-0.1, -0.05) is 187 Å². The summed E-state index contributed by atoms with van der Waals surface area (Å²) in [5.41, 5.74) is 0. The average Bonchev–Trinajstić information content (AvgIpc) is 3.17. The molecule has 0 bridgehead atoms. The second-order valence-corrected chi connectivity index (χ2v) is 17.9. The van der Waals surface area contributed by atoms with Crippen molar-refractivity contribution in [3.63, 3.8) is 0 Å². The maximum Gasteiger partial charge on any atom is 0.306 e. The molecule has 0 amide bonds. The van der Waals surface area contributed by atoms with Crippen molar-refractivity contribution in [1.29, 1.82) is 0 Å². The second kappa shape index (κ2) is 35.4. The first-order valence-corrected chi connectivity index (χ1v) is 24.7. The molecule has 0 aromatic carbocycles. The van der Waals surface area contributed by atoms with Gasteiger partial charge in [0.1, 0.15) is 36.8 Å². The number of aliphatic hydroxyl groups is 3. The monoisotopic (exact) mass is 837 g/mol. The summed E-state index contributed by atoms with van der Waals surface area (Å²) >= 11 is 0. The third kappa shape index (κ3) is 30.4. The number of ether oxygens (including phenoxy) is 4. The molecule has 1 fully saturated rings. The Hall–Kier alpha value is -1.35. The highest BCUT2D eigenvalue weighted by Crippen LogP contribution is 2.24. The predicted molar refractivity (Wildman–Crippen MR) is 224 cm³/mol. The molecule has 1 aliphatic rings. The highest BCUT2D eigenvalue weighted by molar-refractivity contribution is 7.85. The van der Waals surface area contributed by atoms with E-state index in [2.05, 4.69) is 13.8 Å². The fourth-order valence-corrected chi connectivity index (χ4v) is 8.02. The number of aliphatic hydroxyl groups excluding tert-OH is 3. The van der Waals surface area contributed by atoms with Crippen LogP contribution in [0.15, 0.2) is 0 Å². The summed E-state index contributed by atoms with van der Waals surface area (Å²) in [6.07, 6.45) is 26.0. The van der Waals surface area contributed by atoms with Crippen molar-refractivity contribution in [3.05, 3.63) is 0 Å². The standard InChI is InChI=1S/C44H84O12S/c1-3-5-7-9-11-13-14-15-16-17-18-19-20-21-22-23-25-26-28-30-32-39(45)53-34-37(55-40(46)33-31-29-27-24-12-10-8-6-4-2)35-54-44-43(49)42(48)41(47)38(56-44)36-57(50,51)52/h37-38,41-44,47-49H,3-36H2,1-2H3,(H,50,51,52)/t37-,38-,41-,42?,43?,44+/m1/s1. The van der Waals surface area contributed by atoms with E-state index in [0.717, 1.165) is 38.5 Å². The topological polar surface area (TPSA) is 186 Å². The summed E-state index contributed by atoms with van der Waals surface area (Å²) in [6.45, 7) is 3.75. The number of carbonyl (C=O) groups is 2. The molecule has 4 N–H and O–H groups in total. The molecule has 0 radical (unpaired) electrons. The molecule has 12 nitrogen and oxygen atoms in total. The largest absolute Gasteiger partial charge is 0.462 e. The highest BCUT2D eigenvalue weighted by atomic mass is 32.2. The first-order chi connectivity index (χ1) is 27.5. The van der Waals surface area contributed by atoms with Crippen LogP contribution in [-0.2, 0) is 38.7 Å². The lowest BCUT2D eigenvalue weighted by Crippen LogP contribution is -2.60. The van der Waals surface area contributed by atoms with E-state index < -0.39 is 71.2 Å². The molecule has 1 rings (SSSR count). The predicted octanol–water partition coefficient (Wildman–Crippen LogP) is 9.29. The Morgan fingerprint density at radius 1 is 0.526 bits per heavy atom. The Morgan fingerprint density at radius 3 is 1.28 bits per heavy atom. The van der Waals surface area contributed by atoms with Crippen LogP contribution in [0, 0.1) is 0 Å². The molecule has 0 saturated carbocycles. The van der Waals surface area contributed by atoms with E-state index in [4.69, 9.17) is 18.9 Å². The third-order valence-electron chi connectivity index (χ3n) is 10.9. The summed E-state index contributed by atoms with van der Waals surface area (Å²) in [6, 6.07) is 0. The molecule has 13 heteroatoms. The van der Waals surface area contributed by atoms with Gasteiger partial charge in [-0.3, -0.25) is 14.1 Å². The quantitative estimate of drug-likeness (QED) is 0.0262. The smallest absolute Gasteiger partial charge is 0.306 e. The zero-order valence-corrected chi connectivity index (χ0v) is 36.8. The van der Waals surface area contributed by atoms with Crippen molar-refractivity contribution >= 4 is 22.1 Å². The lowest BCUT2D eigenvalue weighted by Gasteiger charge is -2.40. The number of esters is 2. The molecule has 2 unspecified atom stereocenters. The van der Waals surface area contributed by atoms with Crippen LogP contribution in [0.1, 0.15) is 213 Å². The first kappa shape index (κ1) is 53.7. The van der Waals surface area contributed by atoms with Crippen molar-refractivity contribution in [2.75, 3.05) is 19.0 Å². The second-order valence-electron chi connectivity index (χ2n) is 16.4. The van der Waals surface area contributed by atoms with Gasteiger partial charge < -0.3 is 34.3 Å². The van der Waals surface area contributed by atoms with Crippen molar-refractivity contribution in [1.82, 2.24) is 0 Å². The van der Waals surface area contributed by atoms with E-state index in [0.29, 0.717) is 12.8 Å². The van der Waals surface area contributed by atoms with Crippen LogP contribution in [0.5, 0.6) is 0 Å². The zero-order valence-electron chi connectivity index (χ0n) is 36.0. The van der Waals surface area contributed by atoms with E-state index in [-0.39, 0.29) is 19.4 Å². The van der Waals surface area contributed by atoms with Crippen LogP contribution in [0.2, 0.25) is 0 Å². The molecule has 6 atom stereocenters. The van der Waals surface area contributed by atoms with Gasteiger partial charge in [-0.05, 0) is 12.8 Å². The van der Waals surface area contributed by atoms with Gasteiger partial charge in [-0.2, -0.15) is 8.42 Å². The summed E-state index contributed by atoms with van der Waals surface area (Å²) in [5, 5.41) is 30.8. The van der Waals surface area contributed by atoms with Crippen LogP contribution >= 0.6 is 0 Å². The van der Waals surface area contributed by atoms with Gasteiger partial charge >= 0.3 is 11.9 Å². The van der Waals surface area contributed by atoms with Crippen molar-refractivity contribution < 1.29 is 56.8 Å². The average molecular weight is 837 g/mol. The van der Waals surface area contributed by atoms with E-state index in [1.807, 2.05) is 0 Å². The molecular formula is C44H84O12S. The Labute approximate surface area is 346 Å². The Balaban J connectivity index is 2.34. The lowest BCUT2D eigenvalue weighted by atomic mass is 10.00. The molecule has 1 saturated heterocycles. The van der Waals surface area contributed by atoms with Crippen molar-refractivity contribution in [3.8, 4) is 0 Å². The number of hydrogen-bond acceptors (Lipinski definition) is 11.